The fourth-order valence-electron chi connectivity index (χ4n) is 4.61. The zero-order chi connectivity index (χ0) is 23.5. The van der Waals surface area contributed by atoms with E-state index in [-0.39, 0.29) is 23.7 Å². The summed E-state index contributed by atoms with van der Waals surface area (Å²) in [6.45, 7) is 9.49. The molecule has 0 aromatic heterocycles. The number of aldehydes is 1. The molecule has 0 radical (unpaired) electrons. The third-order valence-corrected chi connectivity index (χ3v) is 6.76. The van der Waals surface area contributed by atoms with Crippen LogP contribution in [0.5, 0.6) is 0 Å². The molecular weight excluding hydrogens is 396 g/mol. The van der Waals surface area contributed by atoms with E-state index in [1.807, 2.05) is 0 Å². The van der Waals surface area contributed by atoms with Crippen molar-refractivity contribution in [1.29, 1.82) is 0 Å². The minimum absolute atomic E-state index is 0.0273. The van der Waals surface area contributed by atoms with Crippen LogP contribution in [0.2, 0.25) is 0 Å². The lowest BCUT2D eigenvalue weighted by Gasteiger charge is -2.36. The van der Waals surface area contributed by atoms with Crippen molar-refractivity contribution in [3.8, 4) is 0 Å². The Labute approximate surface area is 200 Å². The Balaban J connectivity index is 2.16. The molecule has 1 aliphatic heterocycles. The average Bonchev–Trinajstić information content (AvgIpc) is 2.76. The molecule has 0 saturated carbocycles. The van der Waals surface area contributed by atoms with Crippen molar-refractivity contribution in [2.75, 3.05) is 6.61 Å². The van der Waals surface area contributed by atoms with Crippen LogP contribution in [-0.2, 0) is 14.3 Å². The predicted octanol–water partition coefficient (Wildman–Crippen LogP) is 8.80. The Bertz CT molecular complexity index is 460. The number of allylic oxidation sites excluding steroid dienone is 2. The van der Waals surface area contributed by atoms with Crippen LogP contribution in [0.3, 0.4) is 0 Å². The molecule has 1 heterocycles. The third kappa shape index (κ3) is 14.5. The Morgan fingerprint density at radius 1 is 0.875 bits per heavy atom. The molecule has 32 heavy (non-hydrogen) atoms. The number of hydrogen-bond donors (Lipinski definition) is 0. The highest BCUT2D eigenvalue weighted by Gasteiger charge is 2.34. The first-order chi connectivity index (χ1) is 15.5. The highest BCUT2D eigenvalue weighted by molar-refractivity contribution is 5.55. The van der Waals surface area contributed by atoms with Crippen molar-refractivity contribution in [3.05, 3.63) is 12.2 Å². The number of ether oxygens (including phenoxy) is 2. The van der Waals surface area contributed by atoms with Gasteiger partial charge in [-0.1, -0.05) is 97.6 Å². The summed E-state index contributed by atoms with van der Waals surface area (Å²) in [5.41, 5.74) is -0.0804. The quantitative estimate of drug-likeness (QED) is 0.112. The van der Waals surface area contributed by atoms with Crippen LogP contribution in [-0.4, -0.2) is 25.3 Å². The molecule has 2 unspecified atom stereocenters. The molecule has 0 aromatic carbocycles. The Morgan fingerprint density at radius 2 is 1.47 bits per heavy atom. The topological polar surface area (TPSA) is 35.5 Å². The second-order valence-corrected chi connectivity index (χ2v) is 10.9. The Hall–Kier alpha value is -0.670. The van der Waals surface area contributed by atoms with Gasteiger partial charge in [0.25, 0.3) is 0 Å². The van der Waals surface area contributed by atoms with Crippen LogP contribution in [0, 0.1) is 11.3 Å². The normalized spacial score (nSPS) is 19.3. The van der Waals surface area contributed by atoms with Crippen LogP contribution < -0.4 is 0 Å². The van der Waals surface area contributed by atoms with Gasteiger partial charge in [-0.25, -0.2) is 0 Å². The van der Waals surface area contributed by atoms with Gasteiger partial charge in [-0.05, 0) is 56.8 Å². The van der Waals surface area contributed by atoms with E-state index in [2.05, 4.69) is 39.8 Å². The second-order valence-electron chi connectivity index (χ2n) is 10.9. The number of carbonyl (C=O) groups is 1. The lowest BCUT2D eigenvalue weighted by molar-refractivity contribution is -0.205. The van der Waals surface area contributed by atoms with E-state index in [1.54, 1.807) is 0 Å². The molecule has 1 rings (SSSR count). The van der Waals surface area contributed by atoms with E-state index in [9.17, 15) is 4.79 Å². The largest absolute Gasteiger partial charge is 0.353 e. The standard InChI is InChI=1S/C29H54O3/c1-5-6-7-8-9-10-11-12-13-14-15-16-17-18-19-22-27(26(25-30)29(2,3)4)32-28-23-20-21-24-31-28/h12-13,25-28H,5-11,14-24H2,1-4H3/t26?,27?,28-/m1/s1. The first kappa shape index (κ1) is 29.4. The number of unbranched alkanes of at least 4 members (excludes halogenated alkanes) is 11. The second kappa shape index (κ2) is 18.7. The molecule has 0 spiro atoms. The van der Waals surface area contributed by atoms with Gasteiger partial charge in [0.05, 0.1) is 6.10 Å². The van der Waals surface area contributed by atoms with E-state index in [4.69, 9.17) is 9.47 Å². The zero-order valence-corrected chi connectivity index (χ0v) is 21.9. The molecule has 1 aliphatic rings. The van der Waals surface area contributed by atoms with Crippen LogP contribution in [0.25, 0.3) is 0 Å². The number of hydrogen-bond acceptors (Lipinski definition) is 3. The first-order valence-electron chi connectivity index (χ1n) is 13.9. The molecule has 188 valence electrons. The first-order valence-corrected chi connectivity index (χ1v) is 13.9. The fourth-order valence-corrected chi connectivity index (χ4v) is 4.61. The van der Waals surface area contributed by atoms with Crippen molar-refractivity contribution < 1.29 is 14.3 Å². The SMILES string of the molecule is CCCCCCCCC=CCCCCCCCC(O[C@@H]1CCCCO1)C(C=O)C(C)(C)C. The number of rotatable bonds is 19. The fraction of sp³-hybridized carbons (Fsp3) is 0.897. The molecule has 3 atom stereocenters. The molecular formula is C29H54O3. The van der Waals surface area contributed by atoms with Gasteiger partial charge in [-0.2, -0.15) is 0 Å². The summed E-state index contributed by atoms with van der Waals surface area (Å²) >= 11 is 0. The number of carbonyl (C=O) groups excluding carboxylic acids is 1. The van der Waals surface area contributed by atoms with Gasteiger partial charge in [0.2, 0.25) is 0 Å². The smallest absolute Gasteiger partial charge is 0.157 e. The van der Waals surface area contributed by atoms with Gasteiger partial charge >= 0.3 is 0 Å². The molecule has 0 aliphatic carbocycles. The van der Waals surface area contributed by atoms with Gasteiger partial charge in [-0.3, -0.25) is 0 Å². The van der Waals surface area contributed by atoms with Gasteiger partial charge in [0, 0.05) is 12.5 Å². The molecule has 3 nitrogen and oxygen atoms in total. The summed E-state index contributed by atoms with van der Waals surface area (Å²) in [5, 5.41) is 0. The minimum Gasteiger partial charge on any atom is -0.353 e. The molecule has 0 bridgehead atoms. The van der Waals surface area contributed by atoms with Crippen LogP contribution in [0.15, 0.2) is 12.2 Å². The van der Waals surface area contributed by atoms with Gasteiger partial charge in [0.1, 0.15) is 6.29 Å². The summed E-state index contributed by atoms with van der Waals surface area (Å²) in [7, 11) is 0. The predicted molar refractivity (Wildman–Crippen MR) is 137 cm³/mol. The van der Waals surface area contributed by atoms with Gasteiger partial charge in [0.15, 0.2) is 6.29 Å². The van der Waals surface area contributed by atoms with Crippen molar-refractivity contribution in [1.82, 2.24) is 0 Å². The maximum absolute atomic E-state index is 11.9. The van der Waals surface area contributed by atoms with E-state index in [0.29, 0.717) is 0 Å². The average molecular weight is 451 g/mol. The Kier molecular flexibility index (Phi) is 17.2. The maximum atomic E-state index is 11.9. The highest BCUT2D eigenvalue weighted by Crippen LogP contribution is 2.33. The molecule has 1 saturated heterocycles. The van der Waals surface area contributed by atoms with E-state index < -0.39 is 0 Å². The summed E-state index contributed by atoms with van der Waals surface area (Å²) < 4.78 is 12.1. The maximum Gasteiger partial charge on any atom is 0.157 e. The van der Waals surface area contributed by atoms with Crippen molar-refractivity contribution in [2.24, 2.45) is 11.3 Å². The van der Waals surface area contributed by atoms with Crippen LogP contribution in [0.1, 0.15) is 137 Å². The molecule has 3 heteroatoms. The highest BCUT2D eigenvalue weighted by atomic mass is 16.7. The zero-order valence-electron chi connectivity index (χ0n) is 21.9. The van der Waals surface area contributed by atoms with E-state index in [0.717, 1.165) is 45.0 Å². The lowest BCUT2D eigenvalue weighted by Crippen LogP contribution is -2.39. The van der Waals surface area contributed by atoms with Gasteiger partial charge in [-0.15, -0.1) is 0 Å². The molecule has 1 fully saturated rings. The summed E-state index contributed by atoms with van der Waals surface area (Å²) in [5.74, 6) is -0.0789. The van der Waals surface area contributed by atoms with E-state index >= 15 is 0 Å². The van der Waals surface area contributed by atoms with Crippen molar-refractivity contribution in [2.45, 2.75) is 149 Å². The van der Waals surface area contributed by atoms with Crippen molar-refractivity contribution >= 4 is 6.29 Å². The third-order valence-electron chi connectivity index (χ3n) is 6.76. The molecule has 0 aromatic rings. The monoisotopic (exact) mass is 450 g/mol. The van der Waals surface area contributed by atoms with Crippen LogP contribution >= 0.6 is 0 Å². The summed E-state index contributed by atoms with van der Waals surface area (Å²) in [4.78, 5) is 11.9. The minimum atomic E-state index is -0.123. The van der Waals surface area contributed by atoms with Crippen molar-refractivity contribution in [3.63, 3.8) is 0 Å². The Morgan fingerprint density at radius 3 is 2.00 bits per heavy atom. The lowest BCUT2D eigenvalue weighted by atomic mass is 9.77. The van der Waals surface area contributed by atoms with E-state index in [1.165, 1.54) is 77.0 Å². The summed E-state index contributed by atoms with van der Waals surface area (Å²) in [6.07, 6.45) is 26.9. The molecule has 0 N–H and O–H groups in total. The van der Waals surface area contributed by atoms with Crippen LogP contribution in [0.4, 0.5) is 0 Å². The summed E-state index contributed by atoms with van der Waals surface area (Å²) in [6, 6.07) is 0. The van der Waals surface area contributed by atoms with Gasteiger partial charge < -0.3 is 14.3 Å². The molecule has 0 amide bonds.